The number of likely N-dealkylation sites (tertiary alicyclic amines) is 1. The monoisotopic (exact) mass is 395 g/mol. The molecule has 0 N–H and O–H groups in total. The molecule has 0 radical (unpaired) electrons. The van der Waals surface area contributed by atoms with Gasteiger partial charge in [0.05, 0.1) is 13.0 Å². The van der Waals surface area contributed by atoms with E-state index in [-0.39, 0.29) is 17.8 Å². The van der Waals surface area contributed by atoms with Crippen molar-refractivity contribution in [3.05, 3.63) is 65.7 Å². The zero-order chi connectivity index (χ0) is 20.8. The van der Waals surface area contributed by atoms with Crippen molar-refractivity contribution >= 4 is 11.9 Å². The molecule has 0 bridgehead atoms. The fraction of sp³-hybridized carbons (Fsp3) is 0.417. The third kappa shape index (κ3) is 5.17. The minimum Gasteiger partial charge on any atom is -0.489 e. The van der Waals surface area contributed by atoms with Crippen LogP contribution in [0.5, 0.6) is 5.75 Å². The highest BCUT2D eigenvalue weighted by Crippen LogP contribution is 2.32. The number of carbonyl (C=O) groups is 2. The molecule has 5 nitrogen and oxygen atoms in total. The Morgan fingerprint density at radius 3 is 2.41 bits per heavy atom. The van der Waals surface area contributed by atoms with Gasteiger partial charge in [0, 0.05) is 6.54 Å². The van der Waals surface area contributed by atoms with Gasteiger partial charge < -0.3 is 14.4 Å². The van der Waals surface area contributed by atoms with Crippen LogP contribution in [0.4, 0.5) is 0 Å². The Kier molecular flexibility index (Phi) is 6.91. The molecule has 0 spiro atoms. The summed E-state index contributed by atoms with van der Waals surface area (Å²) in [5.74, 6) is 0.507. The minimum absolute atomic E-state index is 0.000922. The van der Waals surface area contributed by atoms with Crippen LogP contribution in [0.1, 0.15) is 43.7 Å². The molecule has 2 aromatic carbocycles. The Hall–Kier alpha value is -2.82. The highest BCUT2D eigenvalue weighted by molar-refractivity contribution is 5.90. The van der Waals surface area contributed by atoms with E-state index in [0.717, 1.165) is 16.9 Å². The summed E-state index contributed by atoms with van der Waals surface area (Å²) in [6.45, 7) is 5.17. The van der Waals surface area contributed by atoms with Crippen LogP contribution in [-0.2, 0) is 20.9 Å². The number of rotatable bonds is 8. The van der Waals surface area contributed by atoms with Gasteiger partial charge in [0.25, 0.3) is 0 Å². The number of hydrogen-bond acceptors (Lipinski definition) is 4. The number of ether oxygens (including phenoxy) is 2. The van der Waals surface area contributed by atoms with Gasteiger partial charge in [-0.25, -0.2) is 4.79 Å². The Bertz CT molecular complexity index is 817. The molecule has 5 heteroatoms. The Labute approximate surface area is 172 Å². The van der Waals surface area contributed by atoms with Crippen LogP contribution in [-0.4, -0.2) is 36.5 Å². The lowest BCUT2D eigenvalue weighted by Gasteiger charge is -2.27. The van der Waals surface area contributed by atoms with E-state index in [1.54, 1.807) is 4.90 Å². The van der Waals surface area contributed by atoms with E-state index in [2.05, 4.69) is 0 Å². The van der Waals surface area contributed by atoms with Crippen molar-refractivity contribution in [3.63, 3.8) is 0 Å². The molecule has 1 saturated heterocycles. The summed E-state index contributed by atoms with van der Waals surface area (Å²) in [5, 5.41) is 0. The minimum atomic E-state index is -0.508. The van der Waals surface area contributed by atoms with Crippen molar-refractivity contribution in [2.24, 2.45) is 5.92 Å². The van der Waals surface area contributed by atoms with Crippen LogP contribution in [0, 0.1) is 5.92 Å². The first kappa shape index (κ1) is 20.9. The van der Waals surface area contributed by atoms with E-state index in [1.165, 1.54) is 7.11 Å². The van der Waals surface area contributed by atoms with Gasteiger partial charge in [0.15, 0.2) is 0 Å². The summed E-state index contributed by atoms with van der Waals surface area (Å²) in [6, 6.07) is 17.2. The third-order valence-electron chi connectivity index (χ3n) is 5.31. The van der Waals surface area contributed by atoms with Crippen LogP contribution in [0.25, 0.3) is 0 Å². The molecule has 3 rings (SSSR count). The van der Waals surface area contributed by atoms with Crippen LogP contribution < -0.4 is 4.74 Å². The van der Waals surface area contributed by atoms with Crippen LogP contribution in [0.15, 0.2) is 54.6 Å². The fourth-order valence-corrected chi connectivity index (χ4v) is 3.79. The Morgan fingerprint density at radius 1 is 1.10 bits per heavy atom. The van der Waals surface area contributed by atoms with E-state index < -0.39 is 6.04 Å². The van der Waals surface area contributed by atoms with Crippen LogP contribution >= 0.6 is 0 Å². The molecular weight excluding hydrogens is 366 g/mol. The van der Waals surface area contributed by atoms with Gasteiger partial charge in [-0.3, -0.25) is 4.79 Å². The van der Waals surface area contributed by atoms with Crippen molar-refractivity contribution < 1.29 is 19.1 Å². The zero-order valence-corrected chi connectivity index (χ0v) is 17.3. The van der Waals surface area contributed by atoms with Gasteiger partial charge >= 0.3 is 5.97 Å². The predicted molar refractivity (Wildman–Crippen MR) is 112 cm³/mol. The van der Waals surface area contributed by atoms with Crippen molar-refractivity contribution in [1.82, 2.24) is 4.90 Å². The predicted octanol–water partition coefficient (Wildman–Crippen LogP) is 4.17. The number of amides is 1. The lowest BCUT2D eigenvalue weighted by Crippen LogP contribution is -2.44. The zero-order valence-electron chi connectivity index (χ0n) is 17.3. The Morgan fingerprint density at radius 2 is 1.79 bits per heavy atom. The first-order valence-electron chi connectivity index (χ1n) is 10.1. The maximum absolute atomic E-state index is 13.0. The number of carbonyl (C=O) groups excluding carboxylic acids is 2. The number of benzene rings is 2. The smallest absolute Gasteiger partial charge is 0.328 e. The second-order valence-corrected chi connectivity index (χ2v) is 7.88. The number of nitrogens with zero attached hydrogens (tertiary/aromatic N) is 1. The second kappa shape index (κ2) is 9.59. The fourth-order valence-electron chi connectivity index (χ4n) is 3.79. The molecule has 2 unspecified atom stereocenters. The van der Waals surface area contributed by atoms with Crippen molar-refractivity contribution in [3.8, 4) is 5.75 Å². The molecule has 1 aliphatic heterocycles. The summed E-state index contributed by atoms with van der Waals surface area (Å²) in [7, 11) is 1.38. The van der Waals surface area contributed by atoms with Crippen LogP contribution in [0.3, 0.4) is 0 Å². The molecular formula is C24H29NO4. The van der Waals surface area contributed by atoms with Crippen molar-refractivity contribution in [2.45, 2.75) is 45.3 Å². The Balaban J connectivity index is 1.65. The van der Waals surface area contributed by atoms with Gasteiger partial charge in [-0.2, -0.15) is 0 Å². The molecule has 2 aromatic rings. The van der Waals surface area contributed by atoms with E-state index in [9.17, 15) is 9.59 Å². The molecule has 2 atom stereocenters. The molecule has 1 heterocycles. The lowest BCUT2D eigenvalue weighted by atomic mass is 9.97. The maximum atomic E-state index is 13.0. The quantitative estimate of drug-likeness (QED) is 0.630. The topological polar surface area (TPSA) is 55.8 Å². The van der Waals surface area contributed by atoms with Gasteiger partial charge in [0.1, 0.15) is 18.4 Å². The summed E-state index contributed by atoms with van der Waals surface area (Å²) in [6.07, 6.45) is 1.31. The van der Waals surface area contributed by atoms with E-state index in [4.69, 9.17) is 9.47 Å². The molecule has 0 aliphatic carbocycles. The molecule has 1 aliphatic rings. The average Bonchev–Trinajstić information content (AvgIpc) is 3.12. The number of hydrogen-bond donors (Lipinski definition) is 0. The summed E-state index contributed by atoms with van der Waals surface area (Å²) in [5.41, 5.74) is 2.06. The molecule has 154 valence electrons. The first-order valence-corrected chi connectivity index (χ1v) is 10.1. The van der Waals surface area contributed by atoms with Gasteiger partial charge in [-0.1, -0.05) is 56.3 Å². The summed E-state index contributed by atoms with van der Waals surface area (Å²) < 4.78 is 10.8. The lowest BCUT2D eigenvalue weighted by molar-refractivity contribution is -0.152. The normalized spacial score (nSPS) is 17.4. The van der Waals surface area contributed by atoms with Gasteiger partial charge in [-0.05, 0) is 42.0 Å². The van der Waals surface area contributed by atoms with E-state index in [1.807, 2.05) is 68.4 Å². The molecule has 1 fully saturated rings. The maximum Gasteiger partial charge on any atom is 0.328 e. The summed E-state index contributed by atoms with van der Waals surface area (Å²) in [4.78, 5) is 26.9. The molecule has 1 amide bonds. The van der Waals surface area contributed by atoms with Crippen molar-refractivity contribution in [1.29, 1.82) is 0 Å². The highest BCUT2D eigenvalue weighted by atomic mass is 16.5. The SMILES string of the molecule is COC(=O)C(CC(C)C)N1CCC(c2ccc(OCc3ccccc3)cc2)C1=O. The van der Waals surface area contributed by atoms with Gasteiger partial charge in [0.2, 0.25) is 5.91 Å². The highest BCUT2D eigenvalue weighted by Gasteiger charge is 2.40. The average molecular weight is 395 g/mol. The number of esters is 1. The molecule has 29 heavy (non-hydrogen) atoms. The summed E-state index contributed by atoms with van der Waals surface area (Å²) >= 11 is 0. The van der Waals surface area contributed by atoms with Gasteiger partial charge in [-0.15, -0.1) is 0 Å². The second-order valence-electron chi connectivity index (χ2n) is 7.88. The van der Waals surface area contributed by atoms with Crippen LogP contribution in [0.2, 0.25) is 0 Å². The van der Waals surface area contributed by atoms with Crippen molar-refractivity contribution in [2.75, 3.05) is 13.7 Å². The molecule has 0 saturated carbocycles. The third-order valence-corrected chi connectivity index (χ3v) is 5.31. The first-order chi connectivity index (χ1) is 14.0. The number of methoxy groups -OCH3 is 1. The standard InChI is InChI=1S/C24H29NO4/c1-17(2)15-22(24(27)28-3)25-14-13-21(23(25)26)19-9-11-20(12-10-19)29-16-18-7-5-4-6-8-18/h4-12,17,21-22H,13-16H2,1-3H3. The largest absolute Gasteiger partial charge is 0.489 e. The van der Waals surface area contributed by atoms with E-state index >= 15 is 0 Å². The molecule has 0 aromatic heterocycles. The van der Waals surface area contributed by atoms with E-state index in [0.29, 0.717) is 31.9 Å².